The van der Waals surface area contributed by atoms with E-state index in [-0.39, 0.29) is 5.56 Å². The van der Waals surface area contributed by atoms with Crippen LogP contribution in [0.2, 0.25) is 19.6 Å². The molecular weight excluding hydrogens is 238 g/mol. The van der Waals surface area contributed by atoms with E-state index in [0.29, 0.717) is 0 Å². The number of halogens is 2. The summed E-state index contributed by atoms with van der Waals surface area (Å²) in [7, 11) is -1.69. The van der Waals surface area contributed by atoms with Gasteiger partial charge >= 0.3 is 0 Å². The lowest BCUT2D eigenvalue weighted by Crippen LogP contribution is -2.26. The van der Waals surface area contributed by atoms with Crippen molar-refractivity contribution in [3.05, 3.63) is 47.7 Å². The Morgan fingerprint density at radius 1 is 1.18 bits per heavy atom. The van der Waals surface area contributed by atoms with Gasteiger partial charge in [0, 0.05) is 0 Å². The van der Waals surface area contributed by atoms with E-state index in [2.05, 4.69) is 0 Å². The van der Waals surface area contributed by atoms with E-state index < -0.39 is 20.1 Å². The predicted molar refractivity (Wildman–Crippen MR) is 68.8 cm³/mol. The second-order valence-electron chi connectivity index (χ2n) is 5.19. The van der Waals surface area contributed by atoms with Crippen molar-refractivity contribution in [1.82, 2.24) is 0 Å². The molecule has 0 spiro atoms. The van der Waals surface area contributed by atoms with Gasteiger partial charge < -0.3 is 5.11 Å². The minimum Gasteiger partial charge on any atom is -0.382 e. The number of rotatable bonds is 4. The molecule has 17 heavy (non-hydrogen) atoms. The van der Waals surface area contributed by atoms with E-state index in [1.807, 2.05) is 19.6 Å². The van der Waals surface area contributed by atoms with Crippen LogP contribution in [0.15, 0.2) is 42.1 Å². The molecule has 0 fully saturated rings. The van der Waals surface area contributed by atoms with Crippen molar-refractivity contribution in [2.75, 3.05) is 0 Å². The van der Waals surface area contributed by atoms with Crippen molar-refractivity contribution < 1.29 is 13.9 Å². The van der Waals surface area contributed by atoms with Gasteiger partial charge in [0.25, 0.3) is 5.92 Å². The molecule has 0 heterocycles. The fraction of sp³-hybridized carbons (Fsp3) is 0.385. The first-order valence-electron chi connectivity index (χ1n) is 5.53. The third kappa shape index (κ3) is 4.40. The lowest BCUT2D eigenvalue weighted by molar-refractivity contribution is -0.0714. The summed E-state index contributed by atoms with van der Waals surface area (Å²) in [5, 5.41) is 9.66. The topological polar surface area (TPSA) is 20.2 Å². The molecule has 0 radical (unpaired) electrons. The molecule has 1 unspecified atom stereocenters. The first kappa shape index (κ1) is 14.1. The highest BCUT2D eigenvalue weighted by molar-refractivity contribution is 6.80. The largest absolute Gasteiger partial charge is 0.382 e. The van der Waals surface area contributed by atoms with Crippen LogP contribution in [0.5, 0.6) is 0 Å². The molecule has 1 rings (SSSR count). The molecule has 94 valence electrons. The minimum atomic E-state index is -3.22. The van der Waals surface area contributed by atoms with Crippen molar-refractivity contribution in [2.24, 2.45) is 0 Å². The van der Waals surface area contributed by atoms with E-state index in [0.717, 1.165) is 6.08 Å². The minimum absolute atomic E-state index is 0.234. The van der Waals surface area contributed by atoms with Gasteiger partial charge in [-0.3, -0.25) is 0 Å². The quantitative estimate of drug-likeness (QED) is 0.813. The van der Waals surface area contributed by atoms with Gasteiger partial charge in [-0.05, 0) is 11.6 Å². The summed E-state index contributed by atoms with van der Waals surface area (Å²) in [6.07, 6.45) is -0.937. The molecular formula is C13H18F2OSi. The second-order valence-corrected chi connectivity index (χ2v) is 10.3. The van der Waals surface area contributed by atoms with Gasteiger partial charge in [-0.2, -0.15) is 8.78 Å². The van der Waals surface area contributed by atoms with Crippen molar-refractivity contribution >= 4 is 8.07 Å². The highest BCUT2D eigenvalue weighted by atomic mass is 28.3. The summed E-state index contributed by atoms with van der Waals surface area (Å²) in [6, 6.07) is 8.00. The molecule has 0 bridgehead atoms. The van der Waals surface area contributed by atoms with Gasteiger partial charge in [-0.1, -0.05) is 55.7 Å². The fourth-order valence-electron chi connectivity index (χ4n) is 1.31. The lowest BCUT2D eigenvalue weighted by atomic mass is 10.0. The first-order chi connectivity index (χ1) is 7.72. The average molecular weight is 256 g/mol. The Hall–Kier alpha value is -1.00. The van der Waals surface area contributed by atoms with Gasteiger partial charge in [0.2, 0.25) is 0 Å². The van der Waals surface area contributed by atoms with Crippen LogP contribution in [0, 0.1) is 0 Å². The highest BCUT2D eigenvalue weighted by Gasteiger charge is 2.36. The predicted octanol–water partition coefficient (Wildman–Crippen LogP) is 3.79. The molecule has 1 nitrogen and oxygen atoms in total. The zero-order valence-electron chi connectivity index (χ0n) is 10.3. The zero-order chi connectivity index (χ0) is 13.1. The fourth-order valence-corrected chi connectivity index (χ4v) is 2.03. The maximum Gasteiger partial charge on any atom is 0.295 e. The van der Waals surface area contributed by atoms with Crippen molar-refractivity contribution in [2.45, 2.75) is 31.7 Å². The number of alkyl halides is 2. The summed E-state index contributed by atoms with van der Waals surface area (Å²) in [6.45, 7) is 5.90. The van der Waals surface area contributed by atoms with Gasteiger partial charge in [0.1, 0.15) is 6.10 Å². The van der Waals surface area contributed by atoms with Crippen molar-refractivity contribution in [3.63, 3.8) is 0 Å². The third-order valence-electron chi connectivity index (χ3n) is 2.29. The molecule has 0 saturated heterocycles. The van der Waals surface area contributed by atoms with Crippen molar-refractivity contribution in [1.29, 1.82) is 0 Å². The molecule has 1 N–H and O–H groups in total. The van der Waals surface area contributed by atoms with Crippen LogP contribution >= 0.6 is 0 Å². The van der Waals surface area contributed by atoms with E-state index >= 15 is 0 Å². The normalized spacial score (nSPS) is 15.2. The van der Waals surface area contributed by atoms with E-state index in [1.54, 1.807) is 23.9 Å². The monoisotopic (exact) mass is 256 g/mol. The SMILES string of the molecule is C[Si](C)(C)/C=C/C(F)(F)C(O)c1ccccc1. The highest BCUT2D eigenvalue weighted by Crippen LogP contribution is 2.32. The number of benzene rings is 1. The lowest BCUT2D eigenvalue weighted by Gasteiger charge is -2.21. The number of hydrogen-bond donors (Lipinski definition) is 1. The first-order valence-corrected chi connectivity index (χ1v) is 9.11. The Labute approximate surface area is 102 Å². The van der Waals surface area contributed by atoms with E-state index in [9.17, 15) is 13.9 Å². The van der Waals surface area contributed by atoms with Crippen LogP contribution in [0.1, 0.15) is 11.7 Å². The molecule has 4 heteroatoms. The Morgan fingerprint density at radius 2 is 1.71 bits per heavy atom. The van der Waals surface area contributed by atoms with Crippen LogP contribution in [-0.2, 0) is 0 Å². The number of hydrogen-bond acceptors (Lipinski definition) is 1. The molecule has 0 saturated carbocycles. The summed E-state index contributed by atoms with van der Waals surface area (Å²) >= 11 is 0. The van der Waals surface area contributed by atoms with E-state index in [1.165, 1.54) is 12.1 Å². The molecule has 0 aliphatic rings. The summed E-state index contributed by atoms with van der Waals surface area (Å²) in [5.41, 5.74) is 1.79. The summed E-state index contributed by atoms with van der Waals surface area (Å²) in [5.74, 6) is -3.22. The van der Waals surface area contributed by atoms with Crippen LogP contribution in [0.4, 0.5) is 8.78 Å². The van der Waals surface area contributed by atoms with Gasteiger partial charge in [0.15, 0.2) is 0 Å². The molecule has 1 atom stereocenters. The maximum absolute atomic E-state index is 13.7. The van der Waals surface area contributed by atoms with Gasteiger partial charge in [-0.25, -0.2) is 0 Å². The average Bonchev–Trinajstić information content (AvgIpc) is 2.26. The molecule has 0 aliphatic heterocycles. The van der Waals surface area contributed by atoms with Gasteiger partial charge in [-0.15, -0.1) is 0 Å². The second kappa shape index (κ2) is 5.10. The zero-order valence-corrected chi connectivity index (χ0v) is 11.3. The van der Waals surface area contributed by atoms with E-state index in [4.69, 9.17) is 0 Å². The molecule has 0 aromatic heterocycles. The Balaban J connectivity index is 2.88. The summed E-state index contributed by atoms with van der Waals surface area (Å²) < 4.78 is 27.4. The van der Waals surface area contributed by atoms with Crippen LogP contribution in [0.3, 0.4) is 0 Å². The number of aliphatic hydroxyl groups is 1. The Bertz CT molecular complexity index is 382. The van der Waals surface area contributed by atoms with Crippen LogP contribution in [-0.4, -0.2) is 19.1 Å². The smallest absolute Gasteiger partial charge is 0.295 e. The summed E-state index contributed by atoms with van der Waals surface area (Å²) in [4.78, 5) is 0. The van der Waals surface area contributed by atoms with Crippen LogP contribution < -0.4 is 0 Å². The Morgan fingerprint density at radius 3 is 2.18 bits per heavy atom. The van der Waals surface area contributed by atoms with Crippen LogP contribution in [0.25, 0.3) is 0 Å². The Kier molecular flexibility index (Phi) is 4.22. The molecule has 0 amide bonds. The number of aliphatic hydroxyl groups excluding tert-OH is 1. The maximum atomic E-state index is 13.7. The van der Waals surface area contributed by atoms with Gasteiger partial charge in [0.05, 0.1) is 8.07 Å². The third-order valence-corrected chi connectivity index (χ3v) is 3.45. The molecule has 1 aromatic rings. The standard InChI is InChI=1S/C13H18F2OSi/c1-17(2,3)10-9-13(14,15)12(16)11-7-5-4-6-8-11/h4-10,12,16H,1-3H3/b10-9+. The molecule has 0 aliphatic carbocycles. The molecule has 1 aromatic carbocycles. The van der Waals surface area contributed by atoms with Crippen molar-refractivity contribution in [3.8, 4) is 0 Å².